The molecule has 2 aromatic carbocycles. The third-order valence-electron chi connectivity index (χ3n) is 4.74. The van der Waals surface area contributed by atoms with Gasteiger partial charge in [-0.25, -0.2) is 9.07 Å². The van der Waals surface area contributed by atoms with Crippen molar-refractivity contribution < 1.29 is 13.9 Å². The molecule has 1 saturated heterocycles. The molecule has 1 fully saturated rings. The molecule has 0 bridgehead atoms. The van der Waals surface area contributed by atoms with Gasteiger partial charge in [-0.15, -0.1) is 5.10 Å². The number of rotatable bonds is 8. The van der Waals surface area contributed by atoms with Crippen molar-refractivity contribution in [2.75, 3.05) is 19.7 Å². The van der Waals surface area contributed by atoms with Crippen LogP contribution >= 0.6 is 0 Å². The topological polar surface area (TPSA) is 52.4 Å². The van der Waals surface area contributed by atoms with Crippen LogP contribution in [0.1, 0.15) is 24.2 Å². The third kappa shape index (κ3) is 4.31. The van der Waals surface area contributed by atoms with Crippen LogP contribution in [-0.4, -0.2) is 39.6 Å². The van der Waals surface area contributed by atoms with Crippen molar-refractivity contribution in [3.8, 4) is 11.5 Å². The van der Waals surface area contributed by atoms with Gasteiger partial charge < -0.3 is 9.47 Å². The van der Waals surface area contributed by atoms with Crippen LogP contribution in [0.4, 0.5) is 4.39 Å². The molecule has 7 heteroatoms. The molecule has 0 unspecified atom stereocenters. The summed E-state index contributed by atoms with van der Waals surface area (Å²) < 4.78 is 26.1. The molecule has 1 aliphatic rings. The van der Waals surface area contributed by atoms with Gasteiger partial charge in [-0.1, -0.05) is 23.4 Å². The molecule has 6 nitrogen and oxygen atoms in total. The first kappa shape index (κ1) is 18.4. The molecule has 4 rings (SSSR count). The minimum Gasteiger partial charge on any atom is -0.494 e. The van der Waals surface area contributed by atoms with Crippen LogP contribution in [0.2, 0.25) is 0 Å². The predicted molar refractivity (Wildman–Crippen MR) is 103 cm³/mol. The number of hydrogen-bond acceptors (Lipinski definition) is 5. The largest absolute Gasteiger partial charge is 0.494 e. The van der Waals surface area contributed by atoms with Gasteiger partial charge in [0.05, 0.1) is 18.8 Å². The number of para-hydroxylation sites is 1. The Balaban J connectivity index is 1.28. The Morgan fingerprint density at radius 1 is 1.07 bits per heavy atom. The summed E-state index contributed by atoms with van der Waals surface area (Å²) in [7, 11) is 0. The average molecular weight is 382 g/mol. The SMILES string of the molecule is CCOc1ccccc1CN1CC(n2cc(COc3ccc(F)cc3)nn2)C1. The van der Waals surface area contributed by atoms with Gasteiger partial charge in [0.1, 0.15) is 29.6 Å². The lowest BCUT2D eigenvalue weighted by Crippen LogP contribution is -2.47. The molecule has 0 aliphatic carbocycles. The van der Waals surface area contributed by atoms with Gasteiger partial charge in [-0.2, -0.15) is 0 Å². The highest BCUT2D eigenvalue weighted by Gasteiger charge is 2.29. The van der Waals surface area contributed by atoms with E-state index in [9.17, 15) is 4.39 Å². The molecule has 0 saturated carbocycles. The number of nitrogens with zero attached hydrogens (tertiary/aromatic N) is 4. The zero-order valence-corrected chi connectivity index (χ0v) is 15.8. The summed E-state index contributed by atoms with van der Waals surface area (Å²) in [4.78, 5) is 2.36. The summed E-state index contributed by atoms with van der Waals surface area (Å²) in [5.74, 6) is 1.28. The molecule has 1 aliphatic heterocycles. The summed E-state index contributed by atoms with van der Waals surface area (Å²) in [6.45, 7) is 5.68. The lowest BCUT2D eigenvalue weighted by Gasteiger charge is -2.39. The lowest BCUT2D eigenvalue weighted by molar-refractivity contribution is 0.0885. The number of ether oxygens (including phenoxy) is 2. The van der Waals surface area contributed by atoms with E-state index in [-0.39, 0.29) is 5.82 Å². The maximum absolute atomic E-state index is 12.9. The van der Waals surface area contributed by atoms with Crippen molar-refractivity contribution in [3.05, 3.63) is 71.8 Å². The van der Waals surface area contributed by atoms with Gasteiger partial charge >= 0.3 is 0 Å². The highest BCUT2D eigenvalue weighted by atomic mass is 19.1. The fourth-order valence-corrected chi connectivity index (χ4v) is 3.26. The fourth-order valence-electron chi connectivity index (χ4n) is 3.26. The van der Waals surface area contributed by atoms with E-state index in [1.165, 1.54) is 17.7 Å². The lowest BCUT2D eigenvalue weighted by atomic mass is 10.1. The zero-order chi connectivity index (χ0) is 19.3. The molecular weight excluding hydrogens is 359 g/mol. The summed E-state index contributed by atoms with van der Waals surface area (Å²) in [6.07, 6.45) is 1.92. The minimum absolute atomic E-state index is 0.281. The third-order valence-corrected chi connectivity index (χ3v) is 4.74. The Bertz CT molecular complexity index is 907. The van der Waals surface area contributed by atoms with Crippen LogP contribution in [0.15, 0.2) is 54.7 Å². The van der Waals surface area contributed by atoms with E-state index in [0.29, 0.717) is 25.0 Å². The van der Waals surface area contributed by atoms with E-state index >= 15 is 0 Å². The molecule has 0 N–H and O–H groups in total. The molecule has 2 heterocycles. The smallest absolute Gasteiger partial charge is 0.134 e. The number of benzene rings is 2. The van der Waals surface area contributed by atoms with Crippen molar-refractivity contribution in [1.29, 1.82) is 0 Å². The molecule has 3 aromatic rings. The molecule has 0 atom stereocenters. The Kier molecular flexibility index (Phi) is 5.53. The van der Waals surface area contributed by atoms with Crippen molar-refractivity contribution in [2.24, 2.45) is 0 Å². The molecule has 146 valence electrons. The zero-order valence-electron chi connectivity index (χ0n) is 15.8. The Morgan fingerprint density at radius 3 is 2.64 bits per heavy atom. The maximum atomic E-state index is 12.9. The maximum Gasteiger partial charge on any atom is 0.134 e. The molecule has 28 heavy (non-hydrogen) atoms. The highest BCUT2D eigenvalue weighted by molar-refractivity contribution is 5.33. The number of hydrogen-bond donors (Lipinski definition) is 0. The van der Waals surface area contributed by atoms with Crippen LogP contribution in [-0.2, 0) is 13.2 Å². The summed E-state index contributed by atoms with van der Waals surface area (Å²) in [5, 5.41) is 8.40. The molecule has 0 radical (unpaired) electrons. The first-order valence-corrected chi connectivity index (χ1v) is 9.43. The Labute approximate surface area is 163 Å². The number of likely N-dealkylation sites (tertiary alicyclic amines) is 1. The van der Waals surface area contributed by atoms with Crippen molar-refractivity contribution >= 4 is 0 Å². The predicted octanol–water partition coefficient (Wildman–Crippen LogP) is 3.45. The number of aromatic nitrogens is 3. The first-order valence-electron chi connectivity index (χ1n) is 9.43. The molecule has 1 aromatic heterocycles. The van der Waals surface area contributed by atoms with Crippen LogP contribution in [0.3, 0.4) is 0 Å². The summed E-state index contributed by atoms with van der Waals surface area (Å²) in [6, 6.07) is 14.4. The molecule has 0 amide bonds. The average Bonchev–Trinajstić information content (AvgIpc) is 3.14. The van der Waals surface area contributed by atoms with E-state index in [0.717, 1.165) is 31.1 Å². The van der Waals surface area contributed by atoms with E-state index in [1.807, 2.05) is 36.0 Å². The second kappa shape index (κ2) is 8.39. The molecule has 0 spiro atoms. The van der Waals surface area contributed by atoms with Crippen LogP contribution < -0.4 is 9.47 Å². The summed E-state index contributed by atoms with van der Waals surface area (Å²) in [5.41, 5.74) is 1.96. The van der Waals surface area contributed by atoms with Crippen LogP contribution in [0.5, 0.6) is 11.5 Å². The van der Waals surface area contributed by atoms with E-state index in [4.69, 9.17) is 9.47 Å². The van der Waals surface area contributed by atoms with Gasteiger partial charge in [0.25, 0.3) is 0 Å². The van der Waals surface area contributed by atoms with Crippen molar-refractivity contribution in [2.45, 2.75) is 26.1 Å². The normalized spacial score (nSPS) is 14.6. The van der Waals surface area contributed by atoms with Crippen LogP contribution in [0.25, 0.3) is 0 Å². The van der Waals surface area contributed by atoms with E-state index in [2.05, 4.69) is 21.3 Å². The minimum atomic E-state index is -0.281. The second-order valence-electron chi connectivity index (χ2n) is 6.82. The second-order valence-corrected chi connectivity index (χ2v) is 6.82. The molecular formula is C21H23FN4O2. The Morgan fingerprint density at radius 2 is 1.86 bits per heavy atom. The monoisotopic (exact) mass is 382 g/mol. The van der Waals surface area contributed by atoms with Gasteiger partial charge in [-0.05, 0) is 37.3 Å². The van der Waals surface area contributed by atoms with Gasteiger partial charge in [0.15, 0.2) is 0 Å². The quantitative estimate of drug-likeness (QED) is 0.597. The highest BCUT2D eigenvalue weighted by Crippen LogP contribution is 2.26. The fraction of sp³-hybridized carbons (Fsp3) is 0.333. The van der Waals surface area contributed by atoms with Crippen molar-refractivity contribution in [1.82, 2.24) is 19.9 Å². The number of halogens is 1. The van der Waals surface area contributed by atoms with Gasteiger partial charge in [-0.3, -0.25) is 4.90 Å². The summed E-state index contributed by atoms with van der Waals surface area (Å²) >= 11 is 0. The first-order chi connectivity index (χ1) is 13.7. The van der Waals surface area contributed by atoms with E-state index in [1.54, 1.807) is 12.1 Å². The standard InChI is InChI=1S/C21H23FN4O2/c1-2-27-21-6-4-3-5-16(21)11-25-13-19(14-25)26-12-18(23-24-26)15-28-20-9-7-17(22)8-10-20/h3-10,12,19H,2,11,13-15H2,1H3. The van der Waals surface area contributed by atoms with Crippen molar-refractivity contribution in [3.63, 3.8) is 0 Å². The van der Waals surface area contributed by atoms with Gasteiger partial charge in [0, 0.05) is 25.2 Å². The van der Waals surface area contributed by atoms with E-state index < -0.39 is 0 Å². The van der Waals surface area contributed by atoms with Gasteiger partial charge in [0.2, 0.25) is 0 Å². The van der Waals surface area contributed by atoms with Crippen LogP contribution in [0, 0.1) is 5.82 Å². The Hall–Kier alpha value is -2.93.